The van der Waals surface area contributed by atoms with Crippen LogP contribution in [0.2, 0.25) is 0 Å². The molecule has 2 heterocycles. The number of hydrogen-bond acceptors (Lipinski definition) is 4. The summed E-state index contributed by atoms with van der Waals surface area (Å²) in [5, 5.41) is 3.18. The molecule has 2 unspecified atom stereocenters. The molecule has 0 spiro atoms. The van der Waals surface area contributed by atoms with Crippen LogP contribution < -0.4 is 15.8 Å². The van der Waals surface area contributed by atoms with Gasteiger partial charge in [0, 0.05) is 18.4 Å². The second-order valence-corrected chi connectivity index (χ2v) is 7.06. The normalized spacial score (nSPS) is 22.5. The first kappa shape index (κ1) is 17.7. The predicted octanol–water partition coefficient (Wildman–Crippen LogP) is 1.60. The Labute approximate surface area is 148 Å². The van der Waals surface area contributed by atoms with E-state index in [0.29, 0.717) is 18.9 Å². The molecule has 0 bridgehead atoms. The number of para-hydroxylation sites is 1. The van der Waals surface area contributed by atoms with Crippen LogP contribution in [0.1, 0.15) is 44.2 Å². The second kappa shape index (κ2) is 7.87. The summed E-state index contributed by atoms with van der Waals surface area (Å²) < 4.78 is 5.66. The Hall–Kier alpha value is -2.08. The molecule has 6 heteroatoms. The van der Waals surface area contributed by atoms with Gasteiger partial charge >= 0.3 is 0 Å². The van der Waals surface area contributed by atoms with Gasteiger partial charge in [0.15, 0.2) is 0 Å². The highest BCUT2D eigenvalue weighted by atomic mass is 16.5. The molecule has 1 saturated heterocycles. The van der Waals surface area contributed by atoms with Crippen molar-refractivity contribution in [1.82, 2.24) is 10.2 Å². The van der Waals surface area contributed by atoms with E-state index in [1.54, 1.807) is 0 Å². The Morgan fingerprint density at radius 2 is 2.00 bits per heavy atom. The van der Waals surface area contributed by atoms with Gasteiger partial charge in [-0.2, -0.15) is 0 Å². The van der Waals surface area contributed by atoms with Crippen LogP contribution >= 0.6 is 0 Å². The molecular formula is C19H27N3O3. The second-order valence-electron chi connectivity index (χ2n) is 7.06. The molecule has 0 aromatic heterocycles. The maximum absolute atomic E-state index is 12.7. The Balaban J connectivity index is 1.55. The van der Waals surface area contributed by atoms with Gasteiger partial charge in [-0.3, -0.25) is 14.5 Å². The van der Waals surface area contributed by atoms with E-state index in [1.807, 2.05) is 31.2 Å². The van der Waals surface area contributed by atoms with E-state index in [2.05, 4.69) is 10.2 Å². The van der Waals surface area contributed by atoms with E-state index in [1.165, 1.54) is 0 Å². The topological polar surface area (TPSA) is 84.7 Å². The van der Waals surface area contributed by atoms with Crippen molar-refractivity contribution < 1.29 is 14.3 Å². The van der Waals surface area contributed by atoms with Crippen LogP contribution in [0.3, 0.4) is 0 Å². The Bertz CT molecular complexity index is 626. The quantitative estimate of drug-likeness (QED) is 0.849. The van der Waals surface area contributed by atoms with E-state index in [-0.39, 0.29) is 23.9 Å². The molecule has 136 valence electrons. The summed E-state index contributed by atoms with van der Waals surface area (Å²) in [5.41, 5.74) is 6.33. The number of piperidine rings is 1. The van der Waals surface area contributed by atoms with Crippen molar-refractivity contribution in [1.29, 1.82) is 0 Å². The third kappa shape index (κ3) is 4.31. The summed E-state index contributed by atoms with van der Waals surface area (Å²) in [4.78, 5) is 26.0. The fourth-order valence-corrected chi connectivity index (χ4v) is 3.78. The van der Waals surface area contributed by atoms with Gasteiger partial charge in [0.2, 0.25) is 11.8 Å². The minimum absolute atomic E-state index is 0.00676. The first-order chi connectivity index (χ1) is 12.0. The molecule has 1 aromatic rings. The molecule has 1 aromatic carbocycles. The molecule has 3 N–H and O–H groups in total. The number of ether oxygens (including phenoxy) is 1. The highest BCUT2D eigenvalue weighted by molar-refractivity contribution is 5.82. The minimum atomic E-state index is -0.234. The number of hydrogen-bond donors (Lipinski definition) is 2. The van der Waals surface area contributed by atoms with Gasteiger partial charge < -0.3 is 15.8 Å². The lowest BCUT2D eigenvalue weighted by molar-refractivity contribution is -0.128. The van der Waals surface area contributed by atoms with Crippen LogP contribution in [-0.4, -0.2) is 42.5 Å². The Morgan fingerprint density at radius 3 is 2.72 bits per heavy atom. The van der Waals surface area contributed by atoms with E-state index in [0.717, 1.165) is 43.7 Å². The molecule has 6 nitrogen and oxygen atoms in total. The third-order valence-corrected chi connectivity index (χ3v) is 5.34. The van der Waals surface area contributed by atoms with Crippen molar-refractivity contribution in [3.63, 3.8) is 0 Å². The van der Waals surface area contributed by atoms with E-state index < -0.39 is 0 Å². The lowest BCUT2D eigenvalue weighted by atomic mass is 9.92. The maximum Gasteiger partial charge on any atom is 0.237 e. The highest BCUT2D eigenvalue weighted by Crippen LogP contribution is 2.31. The van der Waals surface area contributed by atoms with Crippen LogP contribution in [0.4, 0.5) is 0 Å². The number of carbonyl (C=O) groups excluding carboxylic acids is 2. The number of amides is 2. The third-order valence-electron chi connectivity index (χ3n) is 5.34. The number of rotatable bonds is 5. The standard InChI is InChI=1S/C19H27N3O3/c1-13(22-9-6-14(7-10-22)12-18(20)23)19(24)21-16-8-11-25-17-5-3-2-4-15(16)17/h2-5,13-14,16H,6-12H2,1H3,(H2,20,23)(H,21,24). The average molecular weight is 345 g/mol. The summed E-state index contributed by atoms with van der Waals surface area (Å²) in [6.45, 7) is 4.23. The van der Waals surface area contributed by atoms with E-state index in [9.17, 15) is 9.59 Å². The van der Waals surface area contributed by atoms with Crippen molar-refractivity contribution in [2.75, 3.05) is 19.7 Å². The summed E-state index contributed by atoms with van der Waals surface area (Å²) in [5.74, 6) is 1.03. The first-order valence-corrected chi connectivity index (χ1v) is 9.09. The predicted molar refractivity (Wildman–Crippen MR) is 95.0 cm³/mol. The molecule has 1 fully saturated rings. The Kier molecular flexibility index (Phi) is 5.58. The molecule has 2 atom stereocenters. The summed E-state index contributed by atoms with van der Waals surface area (Å²) in [7, 11) is 0. The van der Waals surface area contributed by atoms with Crippen molar-refractivity contribution in [2.24, 2.45) is 11.7 Å². The van der Waals surface area contributed by atoms with Gasteiger partial charge in [0.25, 0.3) is 0 Å². The van der Waals surface area contributed by atoms with Crippen LogP contribution in [0.5, 0.6) is 5.75 Å². The fourth-order valence-electron chi connectivity index (χ4n) is 3.78. The molecular weight excluding hydrogens is 318 g/mol. The van der Waals surface area contributed by atoms with Gasteiger partial charge in [0.1, 0.15) is 5.75 Å². The number of nitrogens with two attached hydrogens (primary N) is 1. The molecule has 25 heavy (non-hydrogen) atoms. The Morgan fingerprint density at radius 1 is 1.28 bits per heavy atom. The first-order valence-electron chi connectivity index (χ1n) is 9.09. The monoisotopic (exact) mass is 345 g/mol. The lowest BCUT2D eigenvalue weighted by Crippen LogP contribution is -2.49. The molecule has 2 amide bonds. The number of carbonyl (C=O) groups is 2. The number of primary amides is 1. The van der Waals surface area contributed by atoms with E-state index in [4.69, 9.17) is 10.5 Å². The van der Waals surface area contributed by atoms with Gasteiger partial charge in [-0.15, -0.1) is 0 Å². The zero-order valence-electron chi connectivity index (χ0n) is 14.7. The molecule has 0 radical (unpaired) electrons. The van der Waals surface area contributed by atoms with Crippen LogP contribution in [0.25, 0.3) is 0 Å². The van der Waals surface area contributed by atoms with E-state index >= 15 is 0 Å². The largest absolute Gasteiger partial charge is 0.493 e. The molecule has 2 aliphatic rings. The number of likely N-dealkylation sites (tertiary alicyclic amines) is 1. The summed E-state index contributed by atoms with van der Waals surface area (Å²) in [6.07, 6.45) is 3.07. The number of nitrogens with zero attached hydrogens (tertiary/aromatic N) is 1. The lowest BCUT2D eigenvalue weighted by Gasteiger charge is -2.36. The average Bonchev–Trinajstić information content (AvgIpc) is 2.61. The fraction of sp³-hybridized carbons (Fsp3) is 0.579. The minimum Gasteiger partial charge on any atom is -0.493 e. The zero-order valence-corrected chi connectivity index (χ0v) is 14.7. The molecule has 0 aliphatic carbocycles. The summed E-state index contributed by atoms with van der Waals surface area (Å²) >= 11 is 0. The highest BCUT2D eigenvalue weighted by Gasteiger charge is 2.30. The van der Waals surface area contributed by atoms with Crippen LogP contribution in [-0.2, 0) is 9.59 Å². The van der Waals surface area contributed by atoms with Crippen molar-refractivity contribution in [3.8, 4) is 5.75 Å². The zero-order chi connectivity index (χ0) is 17.8. The van der Waals surface area contributed by atoms with Crippen molar-refractivity contribution in [3.05, 3.63) is 29.8 Å². The van der Waals surface area contributed by atoms with Gasteiger partial charge in [-0.25, -0.2) is 0 Å². The molecule has 2 aliphatic heterocycles. The van der Waals surface area contributed by atoms with Crippen molar-refractivity contribution >= 4 is 11.8 Å². The van der Waals surface area contributed by atoms with Gasteiger partial charge in [-0.05, 0) is 44.8 Å². The van der Waals surface area contributed by atoms with Crippen molar-refractivity contribution in [2.45, 2.75) is 44.7 Å². The SMILES string of the molecule is CC(C(=O)NC1CCOc2ccccc21)N1CCC(CC(N)=O)CC1. The number of nitrogens with one attached hydrogen (secondary N) is 1. The van der Waals surface area contributed by atoms with Crippen LogP contribution in [0.15, 0.2) is 24.3 Å². The number of benzene rings is 1. The van der Waals surface area contributed by atoms with Gasteiger partial charge in [0.05, 0.1) is 18.7 Å². The van der Waals surface area contributed by atoms with Gasteiger partial charge in [-0.1, -0.05) is 18.2 Å². The number of fused-ring (bicyclic) bond motifs is 1. The molecule has 0 saturated carbocycles. The maximum atomic E-state index is 12.7. The summed E-state index contributed by atoms with van der Waals surface area (Å²) in [6, 6.07) is 7.71. The smallest absolute Gasteiger partial charge is 0.237 e. The van der Waals surface area contributed by atoms with Crippen LogP contribution in [0, 0.1) is 5.92 Å². The molecule has 3 rings (SSSR count).